The van der Waals surface area contributed by atoms with Crippen LogP contribution in [0.4, 0.5) is 18.9 Å². The third-order valence-corrected chi connectivity index (χ3v) is 2.27. The van der Waals surface area contributed by atoms with Gasteiger partial charge in [-0.1, -0.05) is 6.07 Å². The molecule has 2 nitrogen and oxygen atoms in total. The zero-order valence-electron chi connectivity index (χ0n) is 9.08. The van der Waals surface area contributed by atoms with Gasteiger partial charge in [0, 0.05) is 11.6 Å². The van der Waals surface area contributed by atoms with Gasteiger partial charge in [-0.25, -0.2) is 13.2 Å². The van der Waals surface area contributed by atoms with Crippen molar-refractivity contribution < 1.29 is 18.0 Å². The molecule has 0 spiro atoms. The summed E-state index contributed by atoms with van der Waals surface area (Å²) in [7, 11) is 0. The molecule has 0 radical (unpaired) electrons. The summed E-state index contributed by atoms with van der Waals surface area (Å²) in [5, 5.41) is 2.23. The highest BCUT2D eigenvalue weighted by Gasteiger charge is 2.10. The predicted octanol–water partition coefficient (Wildman–Crippen LogP) is 3.36. The molecule has 0 saturated heterocycles. The molecule has 0 aliphatic rings. The van der Waals surface area contributed by atoms with E-state index in [1.165, 1.54) is 18.2 Å². The summed E-state index contributed by atoms with van der Waals surface area (Å²) >= 11 is 0. The van der Waals surface area contributed by atoms with Gasteiger partial charge in [-0.3, -0.25) is 4.79 Å². The van der Waals surface area contributed by atoms with E-state index in [1.54, 1.807) is 0 Å². The fourth-order valence-electron chi connectivity index (χ4n) is 1.42. The van der Waals surface area contributed by atoms with Crippen LogP contribution in [0.3, 0.4) is 0 Å². The molecule has 0 saturated carbocycles. The number of carbonyl (C=O) groups is 1. The fourth-order valence-corrected chi connectivity index (χ4v) is 1.42. The van der Waals surface area contributed by atoms with Crippen molar-refractivity contribution in [3.8, 4) is 0 Å². The molecule has 92 valence electrons. The number of anilines is 1. The summed E-state index contributed by atoms with van der Waals surface area (Å²) in [5.74, 6) is -2.86. The van der Waals surface area contributed by atoms with Crippen LogP contribution in [0.25, 0.3) is 0 Å². The largest absolute Gasteiger partial charge is 0.319 e. The normalized spacial score (nSPS) is 10.2. The minimum absolute atomic E-state index is 0.0544. The van der Waals surface area contributed by atoms with Crippen molar-refractivity contribution >= 4 is 11.6 Å². The van der Waals surface area contributed by atoms with Gasteiger partial charge in [-0.05, 0) is 30.3 Å². The first kappa shape index (κ1) is 12.2. The third kappa shape index (κ3) is 2.68. The second-order valence-electron chi connectivity index (χ2n) is 3.59. The van der Waals surface area contributed by atoms with E-state index >= 15 is 0 Å². The molecule has 2 aromatic carbocycles. The van der Waals surface area contributed by atoms with E-state index in [-0.39, 0.29) is 11.3 Å². The van der Waals surface area contributed by atoms with Crippen LogP contribution in [0.5, 0.6) is 0 Å². The van der Waals surface area contributed by atoms with Crippen LogP contribution in [0, 0.1) is 17.5 Å². The second kappa shape index (κ2) is 4.91. The maximum Gasteiger partial charge on any atom is 0.255 e. The number of halogens is 3. The van der Waals surface area contributed by atoms with Crippen LogP contribution in [0.2, 0.25) is 0 Å². The quantitative estimate of drug-likeness (QED) is 0.871. The average molecular weight is 251 g/mol. The van der Waals surface area contributed by atoms with Gasteiger partial charge in [0.15, 0.2) is 0 Å². The molecule has 0 fully saturated rings. The smallest absolute Gasteiger partial charge is 0.255 e. The van der Waals surface area contributed by atoms with E-state index in [0.717, 1.165) is 18.2 Å². The zero-order valence-corrected chi connectivity index (χ0v) is 9.08. The van der Waals surface area contributed by atoms with Gasteiger partial charge >= 0.3 is 0 Å². The maximum atomic E-state index is 13.3. The van der Waals surface area contributed by atoms with Crippen molar-refractivity contribution in [2.24, 2.45) is 0 Å². The van der Waals surface area contributed by atoms with E-state index in [2.05, 4.69) is 5.32 Å². The molecule has 2 rings (SSSR count). The topological polar surface area (TPSA) is 29.1 Å². The zero-order chi connectivity index (χ0) is 13.1. The Labute approximate surface area is 101 Å². The Morgan fingerprint density at radius 2 is 1.67 bits per heavy atom. The van der Waals surface area contributed by atoms with E-state index in [4.69, 9.17) is 0 Å². The molecule has 0 aliphatic carbocycles. The molecule has 0 atom stereocenters. The number of hydrogen-bond acceptors (Lipinski definition) is 1. The van der Waals surface area contributed by atoms with E-state index in [1.807, 2.05) is 0 Å². The van der Waals surface area contributed by atoms with Gasteiger partial charge in [0.05, 0.1) is 5.69 Å². The molecule has 0 bridgehead atoms. The highest BCUT2D eigenvalue weighted by Crippen LogP contribution is 2.16. The SMILES string of the molecule is O=C(Nc1ccc(F)cc1F)c1cccc(F)c1. The molecule has 5 heteroatoms. The first-order valence-electron chi connectivity index (χ1n) is 5.08. The Kier molecular flexibility index (Phi) is 3.32. The van der Waals surface area contributed by atoms with Gasteiger partial charge < -0.3 is 5.32 Å². The molecule has 18 heavy (non-hydrogen) atoms. The minimum atomic E-state index is -0.889. The Bertz CT molecular complexity index is 599. The molecular weight excluding hydrogens is 243 g/mol. The van der Waals surface area contributed by atoms with Gasteiger partial charge in [0.25, 0.3) is 5.91 Å². The fraction of sp³-hybridized carbons (Fsp3) is 0. The van der Waals surface area contributed by atoms with E-state index in [0.29, 0.717) is 6.07 Å². The van der Waals surface area contributed by atoms with E-state index < -0.39 is 23.4 Å². The van der Waals surface area contributed by atoms with Crippen molar-refractivity contribution in [2.75, 3.05) is 5.32 Å². The first-order valence-corrected chi connectivity index (χ1v) is 5.08. The summed E-state index contributed by atoms with van der Waals surface area (Å²) in [5.41, 5.74) is -0.107. The Balaban J connectivity index is 2.21. The van der Waals surface area contributed by atoms with Crippen LogP contribution in [-0.4, -0.2) is 5.91 Å². The number of benzene rings is 2. The Hall–Kier alpha value is -2.30. The van der Waals surface area contributed by atoms with Crippen LogP contribution in [0.1, 0.15) is 10.4 Å². The second-order valence-corrected chi connectivity index (χ2v) is 3.59. The molecule has 1 N–H and O–H groups in total. The standard InChI is InChI=1S/C13H8F3NO/c14-9-3-1-2-8(6-9)13(18)17-12-5-4-10(15)7-11(12)16/h1-7H,(H,17,18). The van der Waals surface area contributed by atoms with Gasteiger partial charge in [0.2, 0.25) is 0 Å². The van der Waals surface area contributed by atoms with Crippen LogP contribution < -0.4 is 5.32 Å². The molecule has 0 aromatic heterocycles. The van der Waals surface area contributed by atoms with Crippen molar-refractivity contribution in [1.82, 2.24) is 0 Å². The minimum Gasteiger partial charge on any atom is -0.319 e. The molecule has 0 heterocycles. The summed E-state index contributed by atoms with van der Waals surface area (Å²) in [6.07, 6.45) is 0. The Morgan fingerprint density at radius 3 is 2.33 bits per heavy atom. The predicted molar refractivity (Wildman–Crippen MR) is 60.7 cm³/mol. The molecule has 0 unspecified atom stereocenters. The summed E-state index contributed by atoms with van der Waals surface area (Å²) in [6, 6.07) is 7.74. The maximum absolute atomic E-state index is 13.3. The third-order valence-electron chi connectivity index (χ3n) is 2.27. The van der Waals surface area contributed by atoms with Crippen LogP contribution >= 0.6 is 0 Å². The number of amides is 1. The van der Waals surface area contributed by atoms with Crippen molar-refractivity contribution in [1.29, 1.82) is 0 Å². The van der Waals surface area contributed by atoms with Crippen molar-refractivity contribution in [3.63, 3.8) is 0 Å². The summed E-state index contributed by atoms with van der Waals surface area (Å²) in [6.45, 7) is 0. The summed E-state index contributed by atoms with van der Waals surface area (Å²) < 4.78 is 38.8. The molecule has 2 aromatic rings. The lowest BCUT2D eigenvalue weighted by atomic mass is 10.2. The Morgan fingerprint density at radius 1 is 0.944 bits per heavy atom. The number of carbonyl (C=O) groups excluding carboxylic acids is 1. The van der Waals surface area contributed by atoms with Crippen molar-refractivity contribution in [2.45, 2.75) is 0 Å². The van der Waals surface area contributed by atoms with Crippen LogP contribution in [-0.2, 0) is 0 Å². The van der Waals surface area contributed by atoms with Crippen molar-refractivity contribution in [3.05, 3.63) is 65.5 Å². The van der Waals surface area contributed by atoms with Crippen LogP contribution in [0.15, 0.2) is 42.5 Å². The van der Waals surface area contributed by atoms with Gasteiger partial charge in [0.1, 0.15) is 17.5 Å². The number of rotatable bonds is 2. The lowest BCUT2D eigenvalue weighted by Gasteiger charge is -2.06. The van der Waals surface area contributed by atoms with Gasteiger partial charge in [-0.15, -0.1) is 0 Å². The molecular formula is C13H8F3NO. The lowest BCUT2D eigenvalue weighted by Crippen LogP contribution is -2.13. The first-order chi connectivity index (χ1) is 8.56. The highest BCUT2D eigenvalue weighted by molar-refractivity contribution is 6.04. The molecule has 0 aliphatic heterocycles. The monoisotopic (exact) mass is 251 g/mol. The average Bonchev–Trinajstić information content (AvgIpc) is 2.32. The number of hydrogen-bond donors (Lipinski definition) is 1. The summed E-state index contributed by atoms with van der Waals surface area (Å²) in [4.78, 5) is 11.7. The van der Waals surface area contributed by atoms with E-state index in [9.17, 15) is 18.0 Å². The molecule has 1 amide bonds. The highest BCUT2D eigenvalue weighted by atomic mass is 19.1. The van der Waals surface area contributed by atoms with Gasteiger partial charge in [-0.2, -0.15) is 0 Å². The number of nitrogens with one attached hydrogen (secondary N) is 1. The lowest BCUT2D eigenvalue weighted by molar-refractivity contribution is 0.102.